The van der Waals surface area contributed by atoms with Crippen LogP contribution in [0.15, 0.2) is 12.1 Å². The molecule has 2 rings (SSSR count). The summed E-state index contributed by atoms with van der Waals surface area (Å²) in [7, 11) is 0. The lowest BCUT2D eigenvalue weighted by molar-refractivity contribution is -0.119. The van der Waals surface area contributed by atoms with Crippen LogP contribution < -0.4 is 11.1 Å². The Hall–Kier alpha value is -0.580. The van der Waals surface area contributed by atoms with Crippen LogP contribution in [0.3, 0.4) is 0 Å². The Morgan fingerprint density at radius 1 is 1.71 bits per heavy atom. The van der Waals surface area contributed by atoms with E-state index in [1.165, 1.54) is 11.3 Å². The lowest BCUT2D eigenvalue weighted by Crippen LogP contribution is -2.45. The highest BCUT2D eigenvalue weighted by Crippen LogP contribution is 2.36. The van der Waals surface area contributed by atoms with Crippen molar-refractivity contribution in [3.63, 3.8) is 0 Å². The molecule has 2 heterocycles. The van der Waals surface area contributed by atoms with Crippen molar-refractivity contribution in [2.24, 2.45) is 5.73 Å². The Balaban J connectivity index is 2.37. The number of thiophene rings is 1. The fourth-order valence-corrected chi connectivity index (χ4v) is 2.88. The van der Waals surface area contributed by atoms with Gasteiger partial charge in [-0.2, -0.15) is 0 Å². The SMILES string of the molecule is C[C@]1(c2ccc(Cl)s2)NC(=O)C[C@@H]1N. The van der Waals surface area contributed by atoms with Gasteiger partial charge in [0.25, 0.3) is 0 Å². The van der Waals surface area contributed by atoms with Gasteiger partial charge in [0, 0.05) is 17.3 Å². The molecule has 3 N–H and O–H groups in total. The molecule has 1 aromatic rings. The van der Waals surface area contributed by atoms with Crippen LogP contribution in [0.25, 0.3) is 0 Å². The van der Waals surface area contributed by atoms with E-state index in [0.29, 0.717) is 6.42 Å². The topological polar surface area (TPSA) is 55.1 Å². The van der Waals surface area contributed by atoms with E-state index in [2.05, 4.69) is 5.32 Å². The van der Waals surface area contributed by atoms with Crippen LogP contribution in [0.4, 0.5) is 0 Å². The van der Waals surface area contributed by atoms with E-state index >= 15 is 0 Å². The molecule has 1 amide bonds. The lowest BCUT2D eigenvalue weighted by Gasteiger charge is -2.27. The highest BCUT2D eigenvalue weighted by atomic mass is 35.5. The summed E-state index contributed by atoms with van der Waals surface area (Å²) in [6.45, 7) is 1.94. The van der Waals surface area contributed by atoms with E-state index in [9.17, 15) is 4.79 Å². The van der Waals surface area contributed by atoms with Crippen molar-refractivity contribution in [3.05, 3.63) is 21.3 Å². The molecule has 0 aromatic carbocycles. The van der Waals surface area contributed by atoms with Crippen molar-refractivity contribution < 1.29 is 4.79 Å². The van der Waals surface area contributed by atoms with Crippen molar-refractivity contribution in [1.82, 2.24) is 5.32 Å². The molecule has 0 spiro atoms. The van der Waals surface area contributed by atoms with Gasteiger partial charge < -0.3 is 11.1 Å². The number of hydrogen-bond donors (Lipinski definition) is 2. The fourth-order valence-electron chi connectivity index (χ4n) is 1.67. The van der Waals surface area contributed by atoms with Gasteiger partial charge in [0.1, 0.15) is 0 Å². The van der Waals surface area contributed by atoms with Crippen molar-refractivity contribution in [3.8, 4) is 0 Å². The molecule has 5 heteroatoms. The summed E-state index contributed by atoms with van der Waals surface area (Å²) in [5.74, 6) is 0.00419. The maximum absolute atomic E-state index is 11.2. The first-order chi connectivity index (χ1) is 6.52. The fraction of sp³-hybridized carbons (Fsp3) is 0.444. The first-order valence-corrected chi connectivity index (χ1v) is 5.54. The minimum absolute atomic E-state index is 0.00419. The number of nitrogens with one attached hydrogen (secondary N) is 1. The molecular formula is C9H11ClN2OS. The molecule has 0 unspecified atom stereocenters. The van der Waals surface area contributed by atoms with E-state index in [1.807, 2.05) is 19.1 Å². The van der Waals surface area contributed by atoms with Gasteiger partial charge in [0.2, 0.25) is 5.91 Å². The van der Waals surface area contributed by atoms with Crippen LogP contribution in [-0.2, 0) is 10.3 Å². The van der Waals surface area contributed by atoms with E-state index in [0.717, 1.165) is 9.21 Å². The molecule has 1 aliphatic heterocycles. The van der Waals surface area contributed by atoms with Gasteiger partial charge in [-0.3, -0.25) is 4.79 Å². The quantitative estimate of drug-likeness (QED) is 0.768. The Morgan fingerprint density at radius 2 is 2.43 bits per heavy atom. The summed E-state index contributed by atoms with van der Waals surface area (Å²) in [5, 5.41) is 2.90. The molecule has 1 aliphatic rings. The second-order valence-electron chi connectivity index (χ2n) is 3.66. The van der Waals surface area contributed by atoms with Gasteiger partial charge in [0.15, 0.2) is 0 Å². The molecule has 1 fully saturated rings. The standard InChI is InChI=1S/C9H11ClN2OS/c1-9(5(11)4-8(13)12-9)6-2-3-7(10)14-6/h2-3,5H,4,11H2,1H3,(H,12,13)/t5-,9-/m0/s1. The molecule has 0 aliphatic carbocycles. The third kappa shape index (κ3) is 1.43. The van der Waals surface area contributed by atoms with Gasteiger partial charge in [0.05, 0.1) is 9.88 Å². The number of hydrogen-bond acceptors (Lipinski definition) is 3. The summed E-state index contributed by atoms with van der Waals surface area (Å²) in [5.41, 5.74) is 5.48. The molecule has 1 aromatic heterocycles. The minimum Gasteiger partial charge on any atom is -0.344 e. The molecule has 1 saturated heterocycles. The summed E-state index contributed by atoms with van der Waals surface area (Å²) in [6.07, 6.45) is 0.381. The average Bonchev–Trinajstić information content (AvgIpc) is 2.59. The van der Waals surface area contributed by atoms with Gasteiger partial charge in [-0.25, -0.2) is 0 Å². The number of nitrogens with two attached hydrogens (primary N) is 1. The highest BCUT2D eigenvalue weighted by Gasteiger charge is 2.42. The van der Waals surface area contributed by atoms with Crippen LogP contribution in [0, 0.1) is 0 Å². The Bertz CT molecular complexity index is 379. The average molecular weight is 231 g/mol. The number of amides is 1. The van der Waals surface area contributed by atoms with Gasteiger partial charge in [-0.05, 0) is 19.1 Å². The molecule has 0 saturated carbocycles. The van der Waals surface area contributed by atoms with Crippen molar-refractivity contribution in [2.45, 2.75) is 24.9 Å². The van der Waals surface area contributed by atoms with E-state index in [1.54, 1.807) is 0 Å². The Kier molecular flexibility index (Phi) is 2.29. The van der Waals surface area contributed by atoms with E-state index in [4.69, 9.17) is 17.3 Å². The smallest absolute Gasteiger partial charge is 0.222 e. The lowest BCUT2D eigenvalue weighted by atomic mass is 9.93. The van der Waals surface area contributed by atoms with Gasteiger partial charge >= 0.3 is 0 Å². The maximum Gasteiger partial charge on any atom is 0.222 e. The highest BCUT2D eigenvalue weighted by molar-refractivity contribution is 7.16. The molecule has 2 atom stereocenters. The number of rotatable bonds is 1. The number of carbonyl (C=O) groups excluding carboxylic acids is 1. The predicted molar refractivity (Wildman–Crippen MR) is 57.4 cm³/mol. The number of halogens is 1. The van der Waals surface area contributed by atoms with Crippen LogP contribution in [0.2, 0.25) is 4.34 Å². The van der Waals surface area contributed by atoms with Crippen molar-refractivity contribution in [1.29, 1.82) is 0 Å². The predicted octanol–water partition coefficient (Wildman–Crippen LogP) is 1.46. The maximum atomic E-state index is 11.2. The zero-order chi connectivity index (χ0) is 10.3. The monoisotopic (exact) mass is 230 g/mol. The van der Waals surface area contributed by atoms with Crippen molar-refractivity contribution >= 4 is 28.8 Å². The first-order valence-electron chi connectivity index (χ1n) is 4.35. The van der Waals surface area contributed by atoms with Gasteiger partial charge in [-0.15, -0.1) is 11.3 Å². The summed E-state index contributed by atoms with van der Waals surface area (Å²) < 4.78 is 0.717. The normalized spacial score (nSPS) is 31.9. The van der Waals surface area contributed by atoms with Gasteiger partial charge in [-0.1, -0.05) is 11.6 Å². The summed E-state index contributed by atoms with van der Waals surface area (Å²) in [4.78, 5) is 12.2. The van der Waals surface area contributed by atoms with Crippen LogP contribution in [0.1, 0.15) is 18.2 Å². The molecule has 0 radical (unpaired) electrons. The van der Waals surface area contributed by atoms with E-state index in [-0.39, 0.29) is 11.9 Å². The largest absolute Gasteiger partial charge is 0.344 e. The van der Waals surface area contributed by atoms with E-state index < -0.39 is 5.54 Å². The zero-order valence-corrected chi connectivity index (χ0v) is 9.28. The second kappa shape index (κ2) is 3.22. The summed E-state index contributed by atoms with van der Waals surface area (Å²) >= 11 is 7.31. The van der Waals surface area contributed by atoms with Crippen LogP contribution >= 0.6 is 22.9 Å². The van der Waals surface area contributed by atoms with Crippen molar-refractivity contribution in [2.75, 3.05) is 0 Å². The molecule has 0 bridgehead atoms. The first kappa shape index (κ1) is 9.96. The Morgan fingerprint density at radius 3 is 2.86 bits per heavy atom. The second-order valence-corrected chi connectivity index (χ2v) is 5.38. The third-order valence-corrected chi connectivity index (χ3v) is 4.10. The third-order valence-electron chi connectivity index (χ3n) is 2.63. The van der Waals surface area contributed by atoms with Crippen LogP contribution in [0.5, 0.6) is 0 Å². The molecular weight excluding hydrogens is 220 g/mol. The molecule has 76 valence electrons. The zero-order valence-electron chi connectivity index (χ0n) is 7.71. The minimum atomic E-state index is -0.450. The van der Waals surface area contributed by atoms with Crippen LogP contribution in [-0.4, -0.2) is 11.9 Å². The number of carbonyl (C=O) groups is 1. The molecule has 3 nitrogen and oxygen atoms in total. The Labute approximate surface area is 91.2 Å². The molecule has 14 heavy (non-hydrogen) atoms. The summed E-state index contributed by atoms with van der Waals surface area (Å²) in [6, 6.07) is 3.56.